The molecule has 0 saturated heterocycles. The molecule has 9 heavy (non-hydrogen) atoms. The molecule has 1 nitrogen and oxygen atoms in total. The van der Waals surface area contributed by atoms with Gasteiger partial charge in [0.05, 0.1) is 6.10 Å². The Morgan fingerprint density at radius 2 is 1.89 bits per heavy atom. The maximum atomic E-state index is 5.28. The maximum absolute atomic E-state index is 5.28. The fourth-order valence-corrected chi connectivity index (χ4v) is 0.463. The average molecular weight is 164 g/mol. The van der Waals surface area contributed by atoms with Gasteiger partial charge >= 0.3 is 0 Å². The molecule has 0 aromatic heterocycles. The van der Waals surface area contributed by atoms with Gasteiger partial charge in [-0.25, -0.2) is 0 Å². The second-order valence-corrected chi connectivity index (χ2v) is 2.27. The van der Waals surface area contributed by atoms with Crippen molar-refractivity contribution in [3.63, 3.8) is 0 Å². The second kappa shape index (κ2) is 8.67. The molecule has 0 amide bonds. The van der Waals surface area contributed by atoms with Gasteiger partial charge in [0.15, 0.2) is 0 Å². The van der Waals surface area contributed by atoms with Gasteiger partial charge in [-0.15, -0.1) is 0 Å². The molecule has 0 N–H and O–H groups in total. The summed E-state index contributed by atoms with van der Waals surface area (Å²) in [7, 11) is 0. The van der Waals surface area contributed by atoms with Crippen LogP contribution in [0.2, 0.25) is 0 Å². The number of ether oxygens (including phenoxy) is 1. The second-order valence-electron chi connectivity index (χ2n) is 2.27. The largest absolute Gasteiger partial charge is 0.379 e. The van der Waals surface area contributed by atoms with E-state index in [1.54, 1.807) is 0 Å². The molecule has 0 spiro atoms. The van der Waals surface area contributed by atoms with Gasteiger partial charge in [0.1, 0.15) is 0 Å². The normalized spacial score (nSPS) is 9.33. The van der Waals surface area contributed by atoms with E-state index in [-0.39, 0.29) is 21.7 Å². The summed E-state index contributed by atoms with van der Waals surface area (Å²) < 4.78 is 5.28. The van der Waals surface area contributed by atoms with Crippen LogP contribution in [0, 0.1) is 0 Å². The summed E-state index contributed by atoms with van der Waals surface area (Å²) in [5, 5.41) is 0. The predicted molar refractivity (Wildman–Crippen MR) is 36.0 cm³/mol. The Labute approximate surface area is 73.0 Å². The van der Waals surface area contributed by atoms with Crippen LogP contribution in [0.3, 0.4) is 0 Å². The Balaban J connectivity index is 0. The van der Waals surface area contributed by atoms with Crippen LogP contribution in [0.25, 0.3) is 0 Å². The third-order valence-electron chi connectivity index (χ3n) is 0.949. The third kappa shape index (κ3) is 12.0. The minimum Gasteiger partial charge on any atom is -0.379 e. The number of rotatable bonds is 4. The maximum Gasteiger partial charge on any atom is 0.0518 e. The van der Waals surface area contributed by atoms with Crippen LogP contribution in [0.4, 0.5) is 0 Å². The minimum atomic E-state index is 0. The molecule has 0 aromatic carbocycles. The van der Waals surface area contributed by atoms with Crippen molar-refractivity contribution in [2.24, 2.45) is 0 Å². The monoisotopic (exact) mass is 164 g/mol. The smallest absolute Gasteiger partial charge is 0.0518 e. The van der Waals surface area contributed by atoms with Gasteiger partial charge in [-0.05, 0) is 20.3 Å². The van der Waals surface area contributed by atoms with Crippen molar-refractivity contribution in [1.82, 2.24) is 0 Å². The van der Waals surface area contributed by atoms with Crippen LogP contribution in [0.5, 0.6) is 0 Å². The van der Waals surface area contributed by atoms with Crippen molar-refractivity contribution >= 4 is 0 Å². The van der Waals surface area contributed by atoms with Crippen LogP contribution < -0.4 is 0 Å². The Morgan fingerprint density at radius 1 is 1.33 bits per heavy atom. The van der Waals surface area contributed by atoms with Crippen LogP contribution in [0.1, 0.15) is 33.6 Å². The van der Waals surface area contributed by atoms with E-state index in [2.05, 4.69) is 20.8 Å². The molecular formula is C7H16OTi. The molecule has 0 radical (unpaired) electrons. The molecule has 0 unspecified atom stereocenters. The summed E-state index contributed by atoms with van der Waals surface area (Å²) in [4.78, 5) is 0. The molecule has 54 valence electrons. The summed E-state index contributed by atoms with van der Waals surface area (Å²) in [5.74, 6) is 0. The molecule has 2 heteroatoms. The van der Waals surface area contributed by atoms with Crippen molar-refractivity contribution in [1.29, 1.82) is 0 Å². The number of hydrogen-bond donors (Lipinski definition) is 0. The van der Waals surface area contributed by atoms with E-state index in [9.17, 15) is 0 Å². The van der Waals surface area contributed by atoms with Gasteiger partial charge < -0.3 is 4.74 Å². The minimum absolute atomic E-state index is 0. The molecule has 0 saturated carbocycles. The topological polar surface area (TPSA) is 9.23 Å². The summed E-state index contributed by atoms with van der Waals surface area (Å²) in [5.41, 5.74) is 0. The van der Waals surface area contributed by atoms with Gasteiger partial charge in [-0.3, -0.25) is 0 Å². The van der Waals surface area contributed by atoms with E-state index in [1.807, 2.05) is 0 Å². The van der Waals surface area contributed by atoms with Crippen molar-refractivity contribution < 1.29 is 26.5 Å². The van der Waals surface area contributed by atoms with Crippen LogP contribution in [-0.4, -0.2) is 12.7 Å². The zero-order valence-electron chi connectivity index (χ0n) is 6.61. The molecule has 0 atom stereocenters. The van der Waals surface area contributed by atoms with Gasteiger partial charge in [0.25, 0.3) is 0 Å². The van der Waals surface area contributed by atoms with Crippen LogP contribution in [0.15, 0.2) is 0 Å². The zero-order chi connectivity index (χ0) is 6.41. The van der Waals surface area contributed by atoms with Gasteiger partial charge in [-0.2, -0.15) is 0 Å². The van der Waals surface area contributed by atoms with E-state index in [1.165, 1.54) is 12.8 Å². The average Bonchev–Trinajstić information content (AvgIpc) is 1.66. The Morgan fingerprint density at radius 3 is 2.22 bits per heavy atom. The third-order valence-corrected chi connectivity index (χ3v) is 0.949. The molecular weight excluding hydrogens is 148 g/mol. The molecule has 0 rings (SSSR count). The number of unbranched alkanes of at least 4 members (excludes halogenated alkanes) is 1. The van der Waals surface area contributed by atoms with E-state index in [0.29, 0.717) is 6.10 Å². The Kier molecular flexibility index (Phi) is 11.9. The van der Waals surface area contributed by atoms with E-state index in [4.69, 9.17) is 4.74 Å². The SMILES string of the molecule is CCCCOC(C)C.[Ti]. The quantitative estimate of drug-likeness (QED) is 0.457. The van der Waals surface area contributed by atoms with Gasteiger partial charge in [0.2, 0.25) is 0 Å². The molecule has 0 aliphatic rings. The number of hydrogen-bond acceptors (Lipinski definition) is 1. The summed E-state index contributed by atoms with van der Waals surface area (Å²) in [6, 6.07) is 0. The zero-order valence-corrected chi connectivity index (χ0v) is 8.17. The summed E-state index contributed by atoms with van der Waals surface area (Å²) in [6.45, 7) is 7.23. The molecule has 0 heterocycles. The van der Waals surface area contributed by atoms with E-state index < -0.39 is 0 Å². The summed E-state index contributed by atoms with van der Waals surface area (Å²) in [6.07, 6.45) is 2.83. The molecule has 0 aliphatic carbocycles. The first-order valence-electron chi connectivity index (χ1n) is 3.39. The van der Waals surface area contributed by atoms with Crippen molar-refractivity contribution in [2.75, 3.05) is 6.61 Å². The van der Waals surface area contributed by atoms with Crippen LogP contribution >= 0.6 is 0 Å². The van der Waals surface area contributed by atoms with Crippen LogP contribution in [-0.2, 0) is 26.5 Å². The molecule has 0 bridgehead atoms. The van der Waals surface area contributed by atoms with Gasteiger partial charge in [-0.1, -0.05) is 13.3 Å². The summed E-state index contributed by atoms with van der Waals surface area (Å²) >= 11 is 0. The fraction of sp³-hybridized carbons (Fsp3) is 1.00. The van der Waals surface area contributed by atoms with Crippen molar-refractivity contribution in [3.8, 4) is 0 Å². The first-order valence-corrected chi connectivity index (χ1v) is 3.39. The Bertz CT molecular complexity index is 46.2. The van der Waals surface area contributed by atoms with E-state index in [0.717, 1.165) is 6.61 Å². The Hall–Kier alpha value is 0.674. The molecule has 0 aliphatic heterocycles. The first-order chi connectivity index (χ1) is 3.77. The van der Waals surface area contributed by atoms with Crippen molar-refractivity contribution in [2.45, 2.75) is 39.7 Å². The van der Waals surface area contributed by atoms with E-state index >= 15 is 0 Å². The first kappa shape index (κ1) is 12.4. The molecule has 0 fully saturated rings. The predicted octanol–water partition coefficient (Wildman–Crippen LogP) is 2.21. The van der Waals surface area contributed by atoms with Gasteiger partial charge in [0, 0.05) is 28.3 Å². The fourth-order valence-electron chi connectivity index (χ4n) is 0.463. The standard InChI is InChI=1S/C7H16O.Ti/c1-4-5-6-8-7(2)3;/h7H,4-6H2,1-3H3;. The molecule has 0 aromatic rings. The van der Waals surface area contributed by atoms with Crippen molar-refractivity contribution in [3.05, 3.63) is 0 Å².